The van der Waals surface area contributed by atoms with Gasteiger partial charge in [0.25, 0.3) is 0 Å². The van der Waals surface area contributed by atoms with Crippen molar-refractivity contribution in [3.05, 3.63) is 36.0 Å². The summed E-state index contributed by atoms with van der Waals surface area (Å²) >= 11 is 1.67. The van der Waals surface area contributed by atoms with Gasteiger partial charge in [-0.05, 0) is 45.2 Å². The number of nitrogens with zero attached hydrogens (tertiary/aromatic N) is 2. The van der Waals surface area contributed by atoms with Crippen LogP contribution < -0.4 is 10.1 Å². The third-order valence-corrected chi connectivity index (χ3v) is 3.99. The fraction of sp³-hybridized carbons (Fsp3) is 0.467. The first kappa shape index (κ1) is 15.9. The smallest absolute Gasteiger partial charge is 0.237 e. The lowest BCUT2D eigenvalue weighted by atomic mass is 10.2. The van der Waals surface area contributed by atoms with Crippen LogP contribution in [0.25, 0.3) is 0 Å². The van der Waals surface area contributed by atoms with Gasteiger partial charge >= 0.3 is 0 Å². The maximum absolute atomic E-state index is 5.42. The molecule has 0 saturated carbocycles. The van der Waals surface area contributed by atoms with E-state index in [0.717, 1.165) is 22.9 Å². The van der Waals surface area contributed by atoms with Crippen molar-refractivity contribution in [2.24, 2.45) is 0 Å². The summed E-state index contributed by atoms with van der Waals surface area (Å²) in [5, 5.41) is 7.15. The third kappa shape index (κ3) is 5.06. The molecule has 114 valence electrons. The van der Waals surface area contributed by atoms with Gasteiger partial charge in [-0.2, -0.15) is 4.98 Å². The molecule has 0 spiro atoms. The first-order valence-electron chi connectivity index (χ1n) is 7.05. The van der Waals surface area contributed by atoms with Gasteiger partial charge in [-0.15, -0.1) is 11.8 Å². The highest BCUT2D eigenvalue weighted by atomic mass is 32.2. The fourth-order valence-electron chi connectivity index (χ4n) is 1.75. The number of benzene rings is 1. The number of rotatable bonds is 8. The molecule has 1 unspecified atom stereocenters. The minimum atomic E-state index is 0.342. The van der Waals surface area contributed by atoms with Gasteiger partial charge in [0.05, 0.1) is 12.4 Å². The summed E-state index contributed by atoms with van der Waals surface area (Å²) in [5.74, 6) is 2.98. The Morgan fingerprint density at radius 3 is 2.76 bits per heavy atom. The molecule has 0 saturated heterocycles. The SMILES string of the molecule is CCOc1ccc(SCc2nc(CC(C)NC)no2)cc1. The van der Waals surface area contributed by atoms with Crippen LogP contribution in [0.15, 0.2) is 33.7 Å². The van der Waals surface area contributed by atoms with Gasteiger partial charge in [0.2, 0.25) is 5.89 Å². The summed E-state index contributed by atoms with van der Waals surface area (Å²) in [5.41, 5.74) is 0. The lowest BCUT2D eigenvalue weighted by Crippen LogP contribution is -2.24. The predicted molar refractivity (Wildman–Crippen MR) is 83.7 cm³/mol. The summed E-state index contributed by atoms with van der Waals surface area (Å²) in [7, 11) is 1.92. The maximum atomic E-state index is 5.42. The molecule has 0 aliphatic carbocycles. The molecule has 0 aliphatic heterocycles. The minimum absolute atomic E-state index is 0.342. The Morgan fingerprint density at radius 2 is 2.10 bits per heavy atom. The van der Waals surface area contributed by atoms with E-state index in [1.54, 1.807) is 11.8 Å². The molecule has 5 nitrogen and oxygen atoms in total. The third-order valence-electron chi connectivity index (χ3n) is 2.99. The monoisotopic (exact) mass is 307 g/mol. The molecule has 21 heavy (non-hydrogen) atoms. The first-order chi connectivity index (χ1) is 10.2. The predicted octanol–water partition coefficient (Wildman–Crippen LogP) is 2.91. The van der Waals surface area contributed by atoms with Crippen LogP contribution in [0.2, 0.25) is 0 Å². The average Bonchev–Trinajstić information content (AvgIpc) is 2.94. The molecule has 0 bridgehead atoms. The molecule has 1 heterocycles. The molecule has 2 rings (SSSR count). The lowest BCUT2D eigenvalue weighted by Gasteiger charge is -2.04. The molecule has 0 fully saturated rings. The van der Waals surface area contributed by atoms with Crippen molar-refractivity contribution in [1.29, 1.82) is 0 Å². The Hall–Kier alpha value is -1.53. The molecular weight excluding hydrogens is 286 g/mol. The van der Waals surface area contributed by atoms with Crippen LogP contribution in [0.4, 0.5) is 0 Å². The van der Waals surface area contributed by atoms with Gasteiger partial charge in [-0.25, -0.2) is 0 Å². The van der Waals surface area contributed by atoms with Crippen molar-refractivity contribution < 1.29 is 9.26 Å². The Kier molecular flexibility index (Phi) is 6.07. The van der Waals surface area contributed by atoms with Crippen LogP contribution in [0, 0.1) is 0 Å². The molecule has 1 aromatic heterocycles. The van der Waals surface area contributed by atoms with Crippen LogP contribution in [-0.4, -0.2) is 29.8 Å². The van der Waals surface area contributed by atoms with Crippen molar-refractivity contribution in [1.82, 2.24) is 15.5 Å². The number of ether oxygens (including phenoxy) is 1. The highest BCUT2D eigenvalue weighted by molar-refractivity contribution is 7.98. The van der Waals surface area contributed by atoms with E-state index in [9.17, 15) is 0 Å². The first-order valence-corrected chi connectivity index (χ1v) is 8.04. The average molecular weight is 307 g/mol. The highest BCUT2D eigenvalue weighted by Gasteiger charge is 2.09. The Morgan fingerprint density at radius 1 is 1.33 bits per heavy atom. The Labute approximate surface area is 129 Å². The number of thioether (sulfide) groups is 1. The second-order valence-electron chi connectivity index (χ2n) is 4.69. The Bertz CT molecular complexity index is 542. The van der Waals surface area contributed by atoms with E-state index < -0.39 is 0 Å². The largest absolute Gasteiger partial charge is 0.494 e. The molecule has 6 heteroatoms. The van der Waals surface area contributed by atoms with E-state index in [1.165, 1.54) is 0 Å². The second-order valence-corrected chi connectivity index (χ2v) is 5.74. The normalized spacial score (nSPS) is 12.3. The van der Waals surface area contributed by atoms with E-state index in [2.05, 4.69) is 22.4 Å². The molecule has 1 atom stereocenters. The number of hydrogen-bond donors (Lipinski definition) is 1. The second kappa shape index (κ2) is 8.05. The number of aromatic nitrogens is 2. The van der Waals surface area contributed by atoms with E-state index in [4.69, 9.17) is 9.26 Å². The van der Waals surface area contributed by atoms with E-state index in [0.29, 0.717) is 24.3 Å². The van der Waals surface area contributed by atoms with Crippen LogP contribution in [-0.2, 0) is 12.2 Å². The van der Waals surface area contributed by atoms with Crippen LogP contribution >= 0.6 is 11.8 Å². The van der Waals surface area contributed by atoms with Gasteiger partial charge < -0.3 is 14.6 Å². The van der Waals surface area contributed by atoms with Crippen LogP contribution in [0.5, 0.6) is 5.75 Å². The summed E-state index contributed by atoms with van der Waals surface area (Å²) in [6, 6.07) is 8.36. The van der Waals surface area contributed by atoms with Crippen LogP contribution in [0.1, 0.15) is 25.6 Å². The van der Waals surface area contributed by atoms with Gasteiger partial charge in [0, 0.05) is 17.4 Å². The molecule has 0 aliphatic rings. The Balaban J connectivity index is 1.85. The molecule has 2 aromatic rings. The van der Waals surface area contributed by atoms with Gasteiger partial charge in [-0.1, -0.05) is 5.16 Å². The van der Waals surface area contributed by atoms with Gasteiger partial charge in [0.1, 0.15) is 5.75 Å². The zero-order chi connectivity index (χ0) is 15.1. The minimum Gasteiger partial charge on any atom is -0.494 e. The van der Waals surface area contributed by atoms with Crippen LogP contribution in [0.3, 0.4) is 0 Å². The van der Waals surface area contributed by atoms with E-state index >= 15 is 0 Å². The summed E-state index contributed by atoms with van der Waals surface area (Å²) in [4.78, 5) is 5.55. The number of hydrogen-bond acceptors (Lipinski definition) is 6. The zero-order valence-electron chi connectivity index (χ0n) is 12.6. The van der Waals surface area contributed by atoms with Crippen molar-refractivity contribution in [3.63, 3.8) is 0 Å². The number of nitrogens with one attached hydrogen (secondary N) is 1. The quantitative estimate of drug-likeness (QED) is 0.757. The van der Waals surface area contributed by atoms with E-state index in [1.807, 2.05) is 38.2 Å². The van der Waals surface area contributed by atoms with Crippen molar-refractivity contribution in [2.75, 3.05) is 13.7 Å². The molecule has 1 N–H and O–H groups in total. The summed E-state index contributed by atoms with van der Waals surface area (Å²) < 4.78 is 10.7. The molecule has 1 aromatic carbocycles. The van der Waals surface area contributed by atoms with Crippen molar-refractivity contribution >= 4 is 11.8 Å². The fourth-order valence-corrected chi connectivity index (χ4v) is 2.49. The van der Waals surface area contributed by atoms with Crippen molar-refractivity contribution in [2.45, 2.75) is 37.0 Å². The maximum Gasteiger partial charge on any atom is 0.237 e. The zero-order valence-corrected chi connectivity index (χ0v) is 13.4. The molecule has 0 radical (unpaired) electrons. The summed E-state index contributed by atoms with van der Waals surface area (Å²) in [6.45, 7) is 4.75. The van der Waals surface area contributed by atoms with Crippen molar-refractivity contribution in [3.8, 4) is 5.75 Å². The topological polar surface area (TPSA) is 60.2 Å². The highest BCUT2D eigenvalue weighted by Crippen LogP contribution is 2.24. The van der Waals surface area contributed by atoms with Gasteiger partial charge in [0.15, 0.2) is 5.82 Å². The standard InChI is InChI=1S/C15H21N3O2S/c1-4-19-12-5-7-13(8-6-12)21-10-15-17-14(18-20-15)9-11(2)16-3/h5-8,11,16H,4,9-10H2,1-3H3. The lowest BCUT2D eigenvalue weighted by molar-refractivity contribution is 0.340. The van der Waals surface area contributed by atoms with E-state index in [-0.39, 0.29) is 0 Å². The summed E-state index contributed by atoms with van der Waals surface area (Å²) in [6.07, 6.45) is 0.772. The number of likely N-dealkylation sites (N-methyl/N-ethyl adjacent to an activating group) is 1. The molecular formula is C15H21N3O2S. The van der Waals surface area contributed by atoms with Gasteiger partial charge in [-0.3, -0.25) is 0 Å². The molecule has 0 amide bonds.